The van der Waals surface area contributed by atoms with Gasteiger partial charge in [-0.05, 0) is 22.4 Å². The van der Waals surface area contributed by atoms with E-state index in [4.69, 9.17) is 0 Å². The van der Waals surface area contributed by atoms with Gasteiger partial charge in [-0.25, -0.2) is 0 Å². The van der Waals surface area contributed by atoms with Crippen molar-refractivity contribution in [1.82, 2.24) is 0 Å². The molecular formula is C9H19BrNO2+. The second-order valence-corrected chi connectivity index (χ2v) is 5.69. The predicted molar refractivity (Wildman–Crippen MR) is 56.7 cm³/mol. The molecule has 0 aliphatic heterocycles. The van der Waals surface area contributed by atoms with E-state index in [2.05, 4.69) is 15.9 Å². The molecule has 0 spiro atoms. The van der Waals surface area contributed by atoms with Crippen LogP contribution in [0.15, 0.2) is 0 Å². The molecule has 0 amide bonds. The van der Waals surface area contributed by atoms with Crippen LogP contribution in [0.3, 0.4) is 0 Å². The molecule has 0 aromatic carbocycles. The van der Waals surface area contributed by atoms with Crippen molar-refractivity contribution < 1.29 is 14.4 Å². The van der Waals surface area contributed by atoms with E-state index in [-0.39, 0.29) is 5.78 Å². The summed E-state index contributed by atoms with van der Waals surface area (Å²) in [5.41, 5.74) is 0. The lowest BCUT2D eigenvalue weighted by molar-refractivity contribution is -0.873. The second kappa shape index (κ2) is 4.53. The second-order valence-electron chi connectivity index (χ2n) is 4.38. The zero-order chi connectivity index (χ0) is 10.7. The molecule has 0 saturated heterocycles. The Kier molecular flexibility index (Phi) is 4.55. The zero-order valence-electron chi connectivity index (χ0n) is 8.80. The van der Waals surface area contributed by atoms with Crippen molar-refractivity contribution in [3.8, 4) is 0 Å². The molecular weight excluding hydrogens is 234 g/mol. The van der Waals surface area contributed by atoms with Crippen molar-refractivity contribution in [2.45, 2.75) is 24.3 Å². The van der Waals surface area contributed by atoms with E-state index in [0.29, 0.717) is 17.4 Å². The minimum Gasteiger partial charge on any atom is -0.368 e. The summed E-state index contributed by atoms with van der Waals surface area (Å²) in [6.45, 7) is 2.30. The molecule has 78 valence electrons. The lowest BCUT2D eigenvalue weighted by Gasteiger charge is -2.30. The van der Waals surface area contributed by atoms with Crippen LogP contribution in [-0.2, 0) is 4.79 Å². The van der Waals surface area contributed by atoms with E-state index in [1.807, 2.05) is 28.1 Å². The number of Topliss-reactive ketones (excluding diaryl/α,β-unsaturated/α-hetero) is 1. The smallest absolute Gasteiger partial charge is 0.227 e. The minimum atomic E-state index is -1.36. The number of likely N-dealkylation sites (N-methyl/N-ethyl adjacent to an activating group) is 1. The molecule has 0 radical (unpaired) electrons. The van der Waals surface area contributed by atoms with E-state index in [1.54, 1.807) is 0 Å². The highest BCUT2D eigenvalue weighted by Crippen LogP contribution is 2.20. The molecule has 1 N–H and O–H groups in total. The van der Waals surface area contributed by atoms with Gasteiger partial charge in [0.2, 0.25) is 4.51 Å². The predicted octanol–water partition coefficient (Wildman–Crippen LogP) is 1.15. The summed E-state index contributed by atoms with van der Waals surface area (Å²) in [7, 11) is 5.81. The van der Waals surface area contributed by atoms with Crippen LogP contribution in [0.4, 0.5) is 0 Å². The molecule has 0 aromatic rings. The molecule has 3 nitrogen and oxygen atoms in total. The molecule has 4 heteroatoms. The Hall–Kier alpha value is 0.0700. The molecule has 0 rings (SSSR count). The Bertz CT molecular complexity index is 185. The summed E-state index contributed by atoms with van der Waals surface area (Å²) in [5, 5.41) is 9.80. The van der Waals surface area contributed by atoms with Gasteiger partial charge in [0.05, 0.1) is 21.1 Å². The first-order valence-corrected chi connectivity index (χ1v) is 5.23. The number of ketones is 1. The normalized spacial score (nSPS) is 16.8. The van der Waals surface area contributed by atoms with Gasteiger partial charge in [0.15, 0.2) is 5.78 Å². The molecule has 0 aromatic heterocycles. The number of aliphatic hydroxyl groups is 1. The maximum absolute atomic E-state index is 11.4. The summed E-state index contributed by atoms with van der Waals surface area (Å²) in [5.74, 6) is -0.136. The van der Waals surface area contributed by atoms with E-state index in [0.717, 1.165) is 6.42 Å². The summed E-state index contributed by atoms with van der Waals surface area (Å²) >= 11 is 3.07. The van der Waals surface area contributed by atoms with E-state index in [9.17, 15) is 9.90 Å². The van der Waals surface area contributed by atoms with Crippen LogP contribution in [0.5, 0.6) is 0 Å². The lowest BCUT2D eigenvalue weighted by atomic mass is 10.1. The van der Waals surface area contributed by atoms with Gasteiger partial charge in [0.1, 0.15) is 6.54 Å². The van der Waals surface area contributed by atoms with Crippen LogP contribution in [0.25, 0.3) is 0 Å². The van der Waals surface area contributed by atoms with Crippen LogP contribution in [-0.4, -0.2) is 47.6 Å². The lowest BCUT2D eigenvalue weighted by Crippen LogP contribution is -2.50. The minimum absolute atomic E-state index is 0.136. The third-order valence-electron chi connectivity index (χ3n) is 1.59. The number of carbonyl (C=O) groups is 1. The standard InChI is InChI=1S/C9H19BrNO2/c1-5-6-8(12)9(10,13)7-11(2,3)4/h13H,5-7H2,1-4H3/q+1. The van der Waals surface area contributed by atoms with E-state index in [1.165, 1.54) is 0 Å². The van der Waals surface area contributed by atoms with Crippen molar-refractivity contribution in [3.63, 3.8) is 0 Å². The Morgan fingerprint density at radius 2 is 1.92 bits per heavy atom. The van der Waals surface area contributed by atoms with Crippen LogP contribution in [0, 0.1) is 0 Å². The maximum Gasteiger partial charge on any atom is 0.227 e. The highest BCUT2D eigenvalue weighted by molar-refractivity contribution is 9.10. The molecule has 0 saturated carbocycles. The number of nitrogens with zero attached hydrogens (tertiary/aromatic N) is 1. The Morgan fingerprint density at radius 3 is 2.23 bits per heavy atom. The Labute approximate surface area is 88.5 Å². The quantitative estimate of drug-likeness (QED) is 0.589. The summed E-state index contributed by atoms with van der Waals surface area (Å²) in [6, 6.07) is 0. The fourth-order valence-corrected chi connectivity index (χ4v) is 2.09. The third-order valence-corrected chi connectivity index (χ3v) is 2.28. The van der Waals surface area contributed by atoms with Crippen LogP contribution >= 0.6 is 15.9 Å². The number of hydrogen-bond acceptors (Lipinski definition) is 2. The van der Waals surface area contributed by atoms with Gasteiger partial charge in [0.25, 0.3) is 0 Å². The van der Waals surface area contributed by atoms with Gasteiger partial charge in [-0.3, -0.25) is 4.79 Å². The molecule has 0 aliphatic rings. The number of carbonyl (C=O) groups excluding carboxylic acids is 1. The Balaban J connectivity index is 4.30. The topological polar surface area (TPSA) is 37.3 Å². The monoisotopic (exact) mass is 252 g/mol. The van der Waals surface area contributed by atoms with Crippen molar-refractivity contribution in [2.75, 3.05) is 27.7 Å². The van der Waals surface area contributed by atoms with Crippen molar-refractivity contribution >= 4 is 21.7 Å². The third kappa shape index (κ3) is 5.39. The van der Waals surface area contributed by atoms with Crippen LogP contribution in [0.1, 0.15) is 19.8 Å². The number of quaternary nitrogens is 1. The molecule has 13 heavy (non-hydrogen) atoms. The molecule has 1 unspecified atom stereocenters. The van der Waals surface area contributed by atoms with Gasteiger partial charge in [-0.15, -0.1) is 0 Å². The van der Waals surface area contributed by atoms with E-state index >= 15 is 0 Å². The number of hydrogen-bond donors (Lipinski definition) is 1. The van der Waals surface area contributed by atoms with Gasteiger partial charge in [0, 0.05) is 6.42 Å². The highest BCUT2D eigenvalue weighted by Gasteiger charge is 2.37. The number of rotatable bonds is 5. The average Bonchev–Trinajstić information content (AvgIpc) is 1.82. The Morgan fingerprint density at radius 1 is 1.46 bits per heavy atom. The van der Waals surface area contributed by atoms with E-state index < -0.39 is 4.51 Å². The first kappa shape index (κ1) is 13.1. The van der Waals surface area contributed by atoms with Gasteiger partial charge in [-0.1, -0.05) is 6.92 Å². The maximum atomic E-state index is 11.4. The molecule has 1 atom stereocenters. The van der Waals surface area contributed by atoms with Gasteiger partial charge >= 0.3 is 0 Å². The highest BCUT2D eigenvalue weighted by atomic mass is 79.9. The van der Waals surface area contributed by atoms with Crippen molar-refractivity contribution in [2.24, 2.45) is 0 Å². The van der Waals surface area contributed by atoms with Gasteiger partial charge in [-0.2, -0.15) is 0 Å². The first-order chi connectivity index (χ1) is 5.69. The van der Waals surface area contributed by atoms with Crippen molar-refractivity contribution in [1.29, 1.82) is 0 Å². The first-order valence-electron chi connectivity index (χ1n) is 4.44. The molecule has 0 fully saturated rings. The molecule has 0 heterocycles. The largest absolute Gasteiger partial charge is 0.368 e. The molecule has 0 aliphatic carbocycles. The average molecular weight is 253 g/mol. The van der Waals surface area contributed by atoms with Crippen LogP contribution < -0.4 is 0 Å². The van der Waals surface area contributed by atoms with Crippen LogP contribution in [0.2, 0.25) is 0 Å². The number of alkyl halides is 1. The number of halogens is 1. The molecule has 0 bridgehead atoms. The van der Waals surface area contributed by atoms with Gasteiger partial charge < -0.3 is 9.59 Å². The SMILES string of the molecule is CCCC(=O)C(O)(Br)C[N+](C)(C)C. The summed E-state index contributed by atoms with van der Waals surface area (Å²) in [4.78, 5) is 11.4. The fourth-order valence-electron chi connectivity index (χ4n) is 1.14. The summed E-state index contributed by atoms with van der Waals surface area (Å²) < 4.78 is -0.807. The fraction of sp³-hybridized carbons (Fsp3) is 0.889. The zero-order valence-corrected chi connectivity index (χ0v) is 10.4. The van der Waals surface area contributed by atoms with Crippen molar-refractivity contribution in [3.05, 3.63) is 0 Å². The summed E-state index contributed by atoms with van der Waals surface area (Å²) in [6.07, 6.45) is 1.19.